The molecule has 0 aromatic heterocycles. The molecule has 1 aliphatic heterocycles. The van der Waals surface area contributed by atoms with Crippen molar-refractivity contribution in [3.05, 3.63) is 48.0 Å². The number of nitrogens with zero attached hydrogens (tertiary/aromatic N) is 1. The van der Waals surface area contributed by atoms with Gasteiger partial charge in [-0.3, -0.25) is 4.79 Å². The SMILES string of the molecule is C[C@@H]1C[C@H](C)CN(C(=O)COC(=O)c2ccc3ccccc3c2)C1. The zero-order chi connectivity index (χ0) is 17.1. The zero-order valence-electron chi connectivity index (χ0n) is 14.2. The van der Waals surface area contributed by atoms with E-state index in [9.17, 15) is 9.59 Å². The number of carbonyl (C=O) groups excluding carboxylic acids is 2. The molecular formula is C20H23NO3. The van der Waals surface area contributed by atoms with Gasteiger partial charge in [0.1, 0.15) is 0 Å². The first-order valence-electron chi connectivity index (χ1n) is 8.46. The number of carbonyl (C=O) groups is 2. The van der Waals surface area contributed by atoms with Crippen LogP contribution in [0, 0.1) is 11.8 Å². The van der Waals surface area contributed by atoms with E-state index in [1.165, 1.54) is 0 Å². The van der Waals surface area contributed by atoms with E-state index in [2.05, 4.69) is 13.8 Å². The van der Waals surface area contributed by atoms with Gasteiger partial charge in [0.05, 0.1) is 5.56 Å². The molecule has 2 aromatic rings. The minimum atomic E-state index is -0.452. The molecule has 126 valence electrons. The predicted molar refractivity (Wildman–Crippen MR) is 93.8 cm³/mol. The third-order valence-corrected chi connectivity index (χ3v) is 4.53. The van der Waals surface area contributed by atoms with Crippen LogP contribution < -0.4 is 0 Å². The van der Waals surface area contributed by atoms with Crippen LogP contribution >= 0.6 is 0 Å². The van der Waals surface area contributed by atoms with Crippen molar-refractivity contribution < 1.29 is 14.3 Å². The standard InChI is InChI=1S/C20H23NO3/c1-14-9-15(2)12-21(11-14)19(22)13-24-20(23)18-8-7-16-5-3-4-6-17(16)10-18/h3-8,10,14-15H,9,11-13H2,1-2H3/t14-,15+. The second-order valence-electron chi connectivity index (χ2n) is 6.88. The molecule has 1 aliphatic rings. The Morgan fingerprint density at radius 2 is 1.71 bits per heavy atom. The molecule has 2 atom stereocenters. The van der Waals surface area contributed by atoms with E-state index in [1.807, 2.05) is 35.2 Å². The van der Waals surface area contributed by atoms with Crippen molar-refractivity contribution >= 4 is 22.6 Å². The molecule has 3 rings (SSSR count). The maximum absolute atomic E-state index is 12.3. The number of hydrogen-bond acceptors (Lipinski definition) is 3. The van der Waals surface area contributed by atoms with Gasteiger partial charge in [0.2, 0.25) is 0 Å². The minimum absolute atomic E-state index is 0.109. The fourth-order valence-corrected chi connectivity index (χ4v) is 3.48. The van der Waals surface area contributed by atoms with Gasteiger partial charge in [-0.05, 0) is 41.2 Å². The molecule has 4 nitrogen and oxygen atoms in total. The number of hydrogen-bond donors (Lipinski definition) is 0. The molecule has 0 saturated carbocycles. The summed E-state index contributed by atoms with van der Waals surface area (Å²) in [5.74, 6) is 0.428. The molecule has 1 amide bonds. The van der Waals surface area contributed by atoms with Crippen molar-refractivity contribution in [2.75, 3.05) is 19.7 Å². The van der Waals surface area contributed by atoms with E-state index >= 15 is 0 Å². The average molecular weight is 325 g/mol. The van der Waals surface area contributed by atoms with Gasteiger partial charge in [0.15, 0.2) is 6.61 Å². The average Bonchev–Trinajstić information content (AvgIpc) is 2.58. The summed E-state index contributed by atoms with van der Waals surface area (Å²) < 4.78 is 5.23. The molecule has 0 bridgehead atoms. The molecular weight excluding hydrogens is 302 g/mol. The highest BCUT2D eigenvalue weighted by Crippen LogP contribution is 2.21. The predicted octanol–water partition coefficient (Wildman–Crippen LogP) is 3.50. The number of likely N-dealkylation sites (tertiary alicyclic amines) is 1. The van der Waals surface area contributed by atoms with Gasteiger partial charge in [-0.25, -0.2) is 4.79 Å². The smallest absolute Gasteiger partial charge is 0.338 e. The van der Waals surface area contributed by atoms with E-state index < -0.39 is 5.97 Å². The summed E-state index contributed by atoms with van der Waals surface area (Å²) in [6, 6.07) is 13.3. The maximum atomic E-state index is 12.3. The molecule has 4 heteroatoms. The summed E-state index contributed by atoms with van der Waals surface area (Å²) in [7, 11) is 0. The van der Waals surface area contributed by atoms with Crippen molar-refractivity contribution in [1.29, 1.82) is 0 Å². The van der Waals surface area contributed by atoms with Crippen LogP contribution in [-0.2, 0) is 9.53 Å². The van der Waals surface area contributed by atoms with Gasteiger partial charge in [0.25, 0.3) is 5.91 Å². The molecule has 0 N–H and O–H groups in total. The number of piperidine rings is 1. The van der Waals surface area contributed by atoms with Crippen LogP contribution in [0.1, 0.15) is 30.6 Å². The first-order chi connectivity index (χ1) is 11.5. The number of esters is 1. The highest BCUT2D eigenvalue weighted by atomic mass is 16.5. The second kappa shape index (κ2) is 7.04. The lowest BCUT2D eigenvalue weighted by Crippen LogP contribution is -2.44. The van der Waals surface area contributed by atoms with E-state index in [0.29, 0.717) is 17.4 Å². The topological polar surface area (TPSA) is 46.6 Å². The third kappa shape index (κ3) is 3.75. The van der Waals surface area contributed by atoms with Gasteiger partial charge in [-0.1, -0.05) is 44.2 Å². The Bertz CT molecular complexity index is 745. The molecule has 1 heterocycles. The van der Waals surface area contributed by atoms with Crippen molar-refractivity contribution in [2.45, 2.75) is 20.3 Å². The van der Waals surface area contributed by atoms with Crippen LogP contribution in [0.5, 0.6) is 0 Å². The monoisotopic (exact) mass is 325 g/mol. The van der Waals surface area contributed by atoms with Crippen molar-refractivity contribution in [2.24, 2.45) is 11.8 Å². The van der Waals surface area contributed by atoms with Crippen LogP contribution in [0.25, 0.3) is 10.8 Å². The first-order valence-corrected chi connectivity index (χ1v) is 8.46. The fourth-order valence-electron chi connectivity index (χ4n) is 3.48. The Morgan fingerprint density at radius 3 is 2.42 bits per heavy atom. The summed E-state index contributed by atoms with van der Waals surface area (Å²) in [6.07, 6.45) is 1.14. The van der Waals surface area contributed by atoms with Crippen molar-refractivity contribution in [3.8, 4) is 0 Å². The van der Waals surface area contributed by atoms with E-state index in [1.54, 1.807) is 12.1 Å². The molecule has 2 aromatic carbocycles. The van der Waals surface area contributed by atoms with E-state index in [-0.39, 0.29) is 12.5 Å². The highest BCUT2D eigenvalue weighted by Gasteiger charge is 2.26. The first kappa shape index (κ1) is 16.5. The van der Waals surface area contributed by atoms with Crippen LogP contribution in [0.3, 0.4) is 0 Å². The zero-order valence-corrected chi connectivity index (χ0v) is 14.2. The van der Waals surface area contributed by atoms with Gasteiger partial charge in [0, 0.05) is 13.1 Å². The normalized spacial score (nSPS) is 20.8. The van der Waals surface area contributed by atoms with Crippen LogP contribution in [0.2, 0.25) is 0 Å². The Kier molecular flexibility index (Phi) is 4.84. The number of rotatable bonds is 3. The largest absolute Gasteiger partial charge is 0.452 e. The Hall–Kier alpha value is -2.36. The molecule has 1 fully saturated rings. The lowest BCUT2D eigenvalue weighted by molar-refractivity contribution is -0.137. The number of amides is 1. The molecule has 0 radical (unpaired) electrons. The van der Waals surface area contributed by atoms with Crippen LogP contribution in [-0.4, -0.2) is 36.5 Å². The number of fused-ring (bicyclic) bond motifs is 1. The Morgan fingerprint density at radius 1 is 1.04 bits per heavy atom. The van der Waals surface area contributed by atoms with Gasteiger partial charge >= 0.3 is 5.97 Å². The second-order valence-corrected chi connectivity index (χ2v) is 6.88. The fraction of sp³-hybridized carbons (Fsp3) is 0.400. The maximum Gasteiger partial charge on any atom is 0.338 e. The van der Waals surface area contributed by atoms with Crippen LogP contribution in [0.15, 0.2) is 42.5 Å². The highest BCUT2D eigenvalue weighted by molar-refractivity contribution is 5.96. The van der Waals surface area contributed by atoms with E-state index in [4.69, 9.17) is 4.74 Å². The minimum Gasteiger partial charge on any atom is -0.452 e. The van der Waals surface area contributed by atoms with Crippen LogP contribution in [0.4, 0.5) is 0 Å². The van der Waals surface area contributed by atoms with Crippen molar-refractivity contribution in [1.82, 2.24) is 4.90 Å². The molecule has 0 spiro atoms. The third-order valence-electron chi connectivity index (χ3n) is 4.53. The lowest BCUT2D eigenvalue weighted by atomic mass is 9.92. The Balaban J connectivity index is 1.60. The summed E-state index contributed by atoms with van der Waals surface area (Å²) in [5.41, 5.74) is 0.474. The van der Waals surface area contributed by atoms with Crippen molar-refractivity contribution in [3.63, 3.8) is 0 Å². The van der Waals surface area contributed by atoms with Gasteiger partial charge in [-0.15, -0.1) is 0 Å². The molecule has 0 unspecified atom stereocenters. The summed E-state index contributed by atoms with van der Waals surface area (Å²) in [6.45, 7) is 5.60. The van der Waals surface area contributed by atoms with Gasteiger partial charge < -0.3 is 9.64 Å². The van der Waals surface area contributed by atoms with Gasteiger partial charge in [-0.2, -0.15) is 0 Å². The Labute approximate surface area is 142 Å². The summed E-state index contributed by atoms with van der Waals surface area (Å²) in [4.78, 5) is 26.3. The summed E-state index contributed by atoms with van der Waals surface area (Å²) in [5, 5.41) is 2.05. The van der Waals surface area contributed by atoms with E-state index in [0.717, 1.165) is 30.3 Å². The lowest BCUT2D eigenvalue weighted by Gasteiger charge is -2.34. The molecule has 0 aliphatic carbocycles. The number of benzene rings is 2. The quantitative estimate of drug-likeness (QED) is 0.812. The number of ether oxygens (including phenoxy) is 1. The summed E-state index contributed by atoms with van der Waals surface area (Å²) >= 11 is 0. The molecule has 24 heavy (non-hydrogen) atoms. The molecule has 1 saturated heterocycles.